The molecule has 1 aromatic heterocycles. The molecule has 0 aromatic carbocycles. The second-order valence-corrected chi connectivity index (χ2v) is 7.03. The Morgan fingerprint density at radius 3 is 2.32 bits per heavy atom. The summed E-state index contributed by atoms with van der Waals surface area (Å²) >= 11 is 0. The monoisotopic (exact) mass is 265 g/mol. The first-order valence-corrected chi connectivity index (χ1v) is 7.15. The van der Waals surface area contributed by atoms with Gasteiger partial charge in [-0.1, -0.05) is 0 Å². The predicted octanol–water partition coefficient (Wildman–Crippen LogP) is 2.29. The van der Waals surface area contributed by atoms with E-state index in [0.717, 1.165) is 32.7 Å². The number of nitrogens with zero attached hydrogens (tertiary/aromatic N) is 3. The maximum Gasteiger partial charge on any atom is 0.0954 e. The summed E-state index contributed by atoms with van der Waals surface area (Å²) in [6.07, 6.45) is 5.11. The first kappa shape index (κ1) is 14.5. The van der Waals surface area contributed by atoms with E-state index in [0.29, 0.717) is 0 Å². The fraction of sp³-hybridized carbons (Fsp3) is 0.800. The lowest BCUT2D eigenvalue weighted by Gasteiger charge is -2.40. The second-order valence-electron chi connectivity index (χ2n) is 7.03. The van der Waals surface area contributed by atoms with Crippen LogP contribution in [-0.2, 0) is 16.7 Å². The highest BCUT2D eigenvalue weighted by atomic mass is 16.5. The summed E-state index contributed by atoms with van der Waals surface area (Å²) in [6, 6.07) is 0. The topological polar surface area (TPSA) is 30.3 Å². The van der Waals surface area contributed by atoms with E-state index in [-0.39, 0.29) is 11.1 Å². The Balaban J connectivity index is 2.05. The molecule has 1 saturated heterocycles. The van der Waals surface area contributed by atoms with Gasteiger partial charge in [-0.25, -0.2) is 4.98 Å². The van der Waals surface area contributed by atoms with E-state index < -0.39 is 0 Å². The van der Waals surface area contributed by atoms with E-state index in [1.165, 1.54) is 5.69 Å². The van der Waals surface area contributed by atoms with Crippen molar-refractivity contribution in [3.63, 3.8) is 0 Å². The minimum absolute atomic E-state index is 0.106. The molecule has 0 saturated carbocycles. The van der Waals surface area contributed by atoms with Gasteiger partial charge in [0, 0.05) is 36.8 Å². The van der Waals surface area contributed by atoms with Gasteiger partial charge in [-0.05, 0) is 34.6 Å². The van der Waals surface area contributed by atoms with Gasteiger partial charge < -0.3 is 9.30 Å². The van der Waals surface area contributed by atoms with Crippen LogP contribution >= 0.6 is 0 Å². The molecule has 4 heteroatoms. The van der Waals surface area contributed by atoms with Crippen molar-refractivity contribution in [1.29, 1.82) is 0 Å². The van der Waals surface area contributed by atoms with Crippen LogP contribution in [0.2, 0.25) is 0 Å². The summed E-state index contributed by atoms with van der Waals surface area (Å²) in [7, 11) is 0. The normalized spacial score (nSPS) is 18.8. The third kappa shape index (κ3) is 3.57. The van der Waals surface area contributed by atoms with Crippen molar-refractivity contribution in [2.75, 3.05) is 26.3 Å². The van der Waals surface area contributed by atoms with E-state index in [9.17, 15) is 0 Å². The highest BCUT2D eigenvalue weighted by molar-refractivity contribution is 5.05. The molecule has 1 fully saturated rings. The van der Waals surface area contributed by atoms with E-state index in [2.05, 4.69) is 55.3 Å². The zero-order valence-corrected chi connectivity index (χ0v) is 12.9. The van der Waals surface area contributed by atoms with Crippen molar-refractivity contribution in [3.8, 4) is 0 Å². The number of ether oxygens (including phenoxy) is 1. The Morgan fingerprint density at radius 2 is 1.79 bits per heavy atom. The smallest absolute Gasteiger partial charge is 0.0954 e. The standard InChI is InChI=1S/C15H27N3O/c1-14(2,3)18-11-13(16-12-18)10-15(4,5)17-6-8-19-9-7-17/h11-12H,6-10H2,1-5H3. The maximum absolute atomic E-state index is 5.43. The van der Waals surface area contributed by atoms with Crippen LogP contribution in [-0.4, -0.2) is 46.3 Å². The van der Waals surface area contributed by atoms with Gasteiger partial charge in [0.1, 0.15) is 0 Å². The lowest BCUT2D eigenvalue weighted by molar-refractivity contribution is -0.0101. The molecular weight excluding hydrogens is 238 g/mol. The molecule has 0 spiro atoms. The fourth-order valence-corrected chi connectivity index (χ4v) is 2.55. The highest BCUT2D eigenvalue weighted by Gasteiger charge is 2.29. The zero-order chi connectivity index (χ0) is 14.1. The molecule has 0 unspecified atom stereocenters. The van der Waals surface area contributed by atoms with Crippen LogP contribution in [0.5, 0.6) is 0 Å². The van der Waals surface area contributed by atoms with Crippen molar-refractivity contribution in [2.45, 2.75) is 52.1 Å². The van der Waals surface area contributed by atoms with Gasteiger partial charge in [-0.15, -0.1) is 0 Å². The Labute approximate surface area is 116 Å². The van der Waals surface area contributed by atoms with Gasteiger partial charge in [-0.3, -0.25) is 4.90 Å². The van der Waals surface area contributed by atoms with Crippen molar-refractivity contribution in [3.05, 3.63) is 18.2 Å². The minimum Gasteiger partial charge on any atom is -0.379 e. The largest absolute Gasteiger partial charge is 0.379 e. The lowest BCUT2D eigenvalue weighted by Crippen LogP contribution is -2.51. The number of morpholine rings is 1. The number of hydrogen-bond donors (Lipinski definition) is 0. The number of aromatic nitrogens is 2. The fourth-order valence-electron chi connectivity index (χ4n) is 2.55. The Kier molecular flexibility index (Phi) is 4.02. The van der Waals surface area contributed by atoms with Crippen molar-refractivity contribution < 1.29 is 4.74 Å². The highest BCUT2D eigenvalue weighted by Crippen LogP contribution is 2.22. The van der Waals surface area contributed by atoms with Gasteiger partial charge in [0.25, 0.3) is 0 Å². The molecule has 0 bridgehead atoms. The van der Waals surface area contributed by atoms with E-state index in [4.69, 9.17) is 4.74 Å². The lowest BCUT2D eigenvalue weighted by atomic mass is 9.95. The van der Waals surface area contributed by atoms with Gasteiger partial charge >= 0.3 is 0 Å². The van der Waals surface area contributed by atoms with Crippen LogP contribution in [0.4, 0.5) is 0 Å². The van der Waals surface area contributed by atoms with Crippen LogP contribution < -0.4 is 0 Å². The average Bonchev–Trinajstić information content (AvgIpc) is 2.78. The molecule has 0 radical (unpaired) electrons. The molecule has 108 valence electrons. The van der Waals surface area contributed by atoms with Crippen LogP contribution in [0.15, 0.2) is 12.5 Å². The second kappa shape index (κ2) is 5.25. The zero-order valence-electron chi connectivity index (χ0n) is 12.9. The van der Waals surface area contributed by atoms with Crippen molar-refractivity contribution in [1.82, 2.24) is 14.5 Å². The Hall–Kier alpha value is -0.870. The SMILES string of the molecule is CC(C)(Cc1cn(C(C)(C)C)cn1)N1CCOCC1. The maximum atomic E-state index is 5.43. The number of hydrogen-bond acceptors (Lipinski definition) is 3. The summed E-state index contributed by atoms with van der Waals surface area (Å²) in [6.45, 7) is 14.9. The number of imidazole rings is 1. The minimum atomic E-state index is 0.106. The van der Waals surface area contributed by atoms with Crippen molar-refractivity contribution >= 4 is 0 Å². The molecule has 2 heterocycles. The molecule has 1 aliphatic rings. The molecule has 0 atom stereocenters. The van der Waals surface area contributed by atoms with Gasteiger partial charge in [0.2, 0.25) is 0 Å². The van der Waals surface area contributed by atoms with Crippen LogP contribution in [0.25, 0.3) is 0 Å². The van der Waals surface area contributed by atoms with Crippen molar-refractivity contribution in [2.24, 2.45) is 0 Å². The molecule has 1 aromatic rings. The molecule has 4 nitrogen and oxygen atoms in total. The number of rotatable bonds is 3. The first-order valence-electron chi connectivity index (χ1n) is 7.15. The van der Waals surface area contributed by atoms with Gasteiger partial charge in [0.15, 0.2) is 0 Å². The average molecular weight is 265 g/mol. The van der Waals surface area contributed by atoms with Gasteiger partial charge in [-0.2, -0.15) is 0 Å². The van der Waals surface area contributed by atoms with E-state index >= 15 is 0 Å². The molecular formula is C15H27N3O. The van der Waals surface area contributed by atoms with E-state index in [1.54, 1.807) is 0 Å². The van der Waals surface area contributed by atoms with E-state index in [1.807, 2.05) is 6.33 Å². The van der Waals surface area contributed by atoms with Crippen LogP contribution in [0.1, 0.15) is 40.3 Å². The Bertz CT molecular complexity index is 411. The summed E-state index contributed by atoms with van der Waals surface area (Å²) in [5, 5.41) is 0. The van der Waals surface area contributed by atoms with Crippen LogP contribution in [0.3, 0.4) is 0 Å². The summed E-state index contributed by atoms with van der Waals surface area (Å²) in [5.74, 6) is 0. The molecule has 0 amide bonds. The quantitative estimate of drug-likeness (QED) is 0.840. The summed E-state index contributed by atoms with van der Waals surface area (Å²) in [4.78, 5) is 7.07. The van der Waals surface area contributed by atoms with Gasteiger partial charge in [0.05, 0.1) is 25.2 Å². The summed E-state index contributed by atoms with van der Waals surface area (Å²) < 4.78 is 7.62. The first-order chi connectivity index (χ1) is 8.79. The van der Waals surface area contributed by atoms with Crippen LogP contribution in [0, 0.1) is 0 Å². The third-order valence-corrected chi connectivity index (χ3v) is 3.89. The Morgan fingerprint density at radius 1 is 1.16 bits per heavy atom. The molecule has 2 rings (SSSR count). The predicted molar refractivity (Wildman–Crippen MR) is 77.4 cm³/mol. The molecule has 0 N–H and O–H groups in total. The summed E-state index contributed by atoms with van der Waals surface area (Å²) in [5.41, 5.74) is 1.42. The molecule has 19 heavy (non-hydrogen) atoms. The molecule has 0 aliphatic carbocycles. The third-order valence-electron chi connectivity index (χ3n) is 3.89. The molecule has 1 aliphatic heterocycles.